The maximum atomic E-state index is 14.5. The smallest absolute Gasteiger partial charge is 0.196 e. The molecule has 0 bridgehead atoms. The van der Waals surface area contributed by atoms with Crippen LogP contribution in [0.2, 0.25) is 0 Å². The largest absolute Gasteiger partial charge is 0.366 e. The maximum Gasteiger partial charge on any atom is 0.196 e. The molecule has 1 aromatic heterocycles. The molecule has 0 atom stereocenters. The van der Waals surface area contributed by atoms with Crippen LogP contribution in [0.15, 0.2) is 71.3 Å². The van der Waals surface area contributed by atoms with Crippen molar-refractivity contribution in [3.05, 3.63) is 100 Å². The fourth-order valence-electron chi connectivity index (χ4n) is 6.29. The van der Waals surface area contributed by atoms with E-state index in [1.54, 1.807) is 6.07 Å². The molecule has 1 fully saturated rings. The number of ketones is 1. The van der Waals surface area contributed by atoms with Crippen LogP contribution in [-0.4, -0.2) is 37.1 Å². The first-order valence-electron chi connectivity index (χ1n) is 13.6. The lowest BCUT2D eigenvalue weighted by Gasteiger charge is -2.37. The summed E-state index contributed by atoms with van der Waals surface area (Å²) in [5.41, 5.74) is 9.29. The second-order valence-corrected chi connectivity index (χ2v) is 10.8. The Hall–Kier alpha value is -4.65. The zero-order chi connectivity index (χ0) is 27.5. The van der Waals surface area contributed by atoms with Gasteiger partial charge in [-0.2, -0.15) is 0 Å². The molecule has 2 aliphatic rings. The van der Waals surface area contributed by atoms with E-state index in [9.17, 15) is 9.18 Å². The molecule has 4 aromatic carbocycles. The Morgan fingerprint density at radius 2 is 1.45 bits per heavy atom. The summed E-state index contributed by atoms with van der Waals surface area (Å²) in [6.45, 7) is 8.93. The van der Waals surface area contributed by atoms with E-state index >= 15 is 0 Å². The van der Waals surface area contributed by atoms with E-state index in [0.29, 0.717) is 54.3 Å². The van der Waals surface area contributed by atoms with E-state index in [0.717, 1.165) is 39.1 Å². The lowest BCUT2D eigenvalue weighted by Crippen LogP contribution is -2.47. The highest BCUT2D eigenvalue weighted by Gasteiger charge is 2.34. The van der Waals surface area contributed by atoms with E-state index in [1.165, 1.54) is 11.6 Å². The number of piperazine rings is 1. The minimum absolute atomic E-state index is 0.0443. The first-order chi connectivity index (χ1) is 19.4. The molecule has 0 radical (unpaired) electrons. The molecule has 7 rings (SSSR count). The van der Waals surface area contributed by atoms with Crippen LogP contribution in [-0.2, 0) is 0 Å². The number of rotatable bonds is 4. The first-order valence-corrected chi connectivity index (χ1v) is 13.6. The van der Waals surface area contributed by atoms with E-state index in [1.807, 2.05) is 42.5 Å². The fourth-order valence-corrected chi connectivity index (χ4v) is 6.29. The topological polar surface area (TPSA) is 61.6 Å². The van der Waals surface area contributed by atoms with E-state index in [-0.39, 0.29) is 11.6 Å². The van der Waals surface area contributed by atoms with Gasteiger partial charge in [0.1, 0.15) is 11.3 Å². The number of anilines is 4. The van der Waals surface area contributed by atoms with Crippen molar-refractivity contribution in [3.8, 4) is 11.3 Å². The number of carbonyl (C=O) groups is 1. The Bertz CT molecular complexity index is 1790. The van der Waals surface area contributed by atoms with Gasteiger partial charge in [-0.05, 0) is 50.1 Å². The molecule has 1 aliphatic carbocycles. The second kappa shape index (κ2) is 9.23. The molecule has 0 spiro atoms. The molecule has 5 aromatic rings. The molecule has 2 heterocycles. The Balaban J connectivity index is 1.36. The molecule has 7 heteroatoms. The van der Waals surface area contributed by atoms with Gasteiger partial charge in [-0.25, -0.2) is 4.39 Å². The number of carbonyl (C=O) groups excluding carboxylic acids is 1. The summed E-state index contributed by atoms with van der Waals surface area (Å²) in [6.07, 6.45) is 0. The van der Waals surface area contributed by atoms with Gasteiger partial charge in [0.15, 0.2) is 11.5 Å². The lowest BCUT2D eigenvalue weighted by molar-refractivity contribution is 0.104. The summed E-state index contributed by atoms with van der Waals surface area (Å²) in [5.74, 6) is 0.364. The number of halogens is 1. The fraction of sp³-hybridized carbons (Fsp3) is 0.212. The SMILES string of the molecule is Cc1cc(C)c(Nc2cc(N3CCN(c4ccccc4F)CC3)c3noc4c3c2C(=O)c2ccccc2-4)c(C)c1. The van der Waals surface area contributed by atoms with E-state index < -0.39 is 0 Å². The van der Waals surface area contributed by atoms with Gasteiger partial charge in [-0.1, -0.05) is 59.3 Å². The number of fused-ring (bicyclic) bond motifs is 2. The van der Waals surface area contributed by atoms with Gasteiger partial charge in [-0.15, -0.1) is 0 Å². The van der Waals surface area contributed by atoms with Crippen molar-refractivity contribution < 1.29 is 13.7 Å². The van der Waals surface area contributed by atoms with E-state index in [2.05, 4.69) is 53.2 Å². The van der Waals surface area contributed by atoms with Crippen LogP contribution < -0.4 is 15.1 Å². The average Bonchev–Trinajstić information content (AvgIpc) is 3.39. The van der Waals surface area contributed by atoms with Crippen LogP contribution in [0.1, 0.15) is 32.6 Å². The van der Waals surface area contributed by atoms with Gasteiger partial charge in [0.2, 0.25) is 0 Å². The zero-order valence-corrected chi connectivity index (χ0v) is 22.7. The quantitative estimate of drug-likeness (QED) is 0.260. The molecule has 40 heavy (non-hydrogen) atoms. The lowest BCUT2D eigenvalue weighted by atomic mass is 9.86. The van der Waals surface area contributed by atoms with Gasteiger partial charge in [0, 0.05) is 43.0 Å². The Kier molecular flexibility index (Phi) is 5.63. The molecule has 1 saturated heterocycles. The average molecular weight is 533 g/mol. The van der Waals surface area contributed by atoms with Crippen LogP contribution in [0.3, 0.4) is 0 Å². The maximum absolute atomic E-state index is 14.5. The van der Waals surface area contributed by atoms with Gasteiger partial charge >= 0.3 is 0 Å². The molecule has 0 saturated carbocycles. The minimum atomic E-state index is -0.210. The Morgan fingerprint density at radius 1 is 0.825 bits per heavy atom. The predicted molar refractivity (Wildman–Crippen MR) is 158 cm³/mol. The summed E-state index contributed by atoms with van der Waals surface area (Å²) in [6, 6.07) is 20.8. The summed E-state index contributed by atoms with van der Waals surface area (Å²) in [7, 11) is 0. The minimum Gasteiger partial charge on any atom is -0.366 e. The number of hydrogen-bond donors (Lipinski definition) is 1. The van der Waals surface area contributed by atoms with Crippen molar-refractivity contribution in [2.24, 2.45) is 0 Å². The van der Waals surface area contributed by atoms with Crippen molar-refractivity contribution >= 4 is 39.4 Å². The number of hydrogen-bond acceptors (Lipinski definition) is 6. The van der Waals surface area contributed by atoms with Crippen LogP contribution in [0.4, 0.5) is 27.1 Å². The number of aromatic nitrogens is 1. The summed E-state index contributed by atoms with van der Waals surface area (Å²) < 4.78 is 20.4. The van der Waals surface area contributed by atoms with Crippen molar-refractivity contribution in [1.29, 1.82) is 0 Å². The Labute approximate surface area is 232 Å². The third kappa shape index (κ3) is 3.76. The monoisotopic (exact) mass is 532 g/mol. The molecule has 1 N–H and O–H groups in total. The van der Waals surface area contributed by atoms with Gasteiger partial charge in [-0.3, -0.25) is 4.79 Å². The van der Waals surface area contributed by atoms with Crippen molar-refractivity contribution in [1.82, 2.24) is 5.16 Å². The van der Waals surface area contributed by atoms with Crippen molar-refractivity contribution in [2.75, 3.05) is 41.3 Å². The number of nitrogens with zero attached hydrogens (tertiary/aromatic N) is 3. The summed E-state index contributed by atoms with van der Waals surface area (Å²) >= 11 is 0. The van der Waals surface area contributed by atoms with Crippen molar-refractivity contribution in [2.45, 2.75) is 20.8 Å². The molecule has 6 nitrogen and oxygen atoms in total. The van der Waals surface area contributed by atoms with Crippen LogP contribution in [0.5, 0.6) is 0 Å². The van der Waals surface area contributed by atoms with Gasteiger partial charge in [0.05, 0.1) is 28.0 Å². The number of nitrogens with one attached hydrogen (secondary N) is 1. The standard InChI is InChI=1S/C33H29FN4O2/c1-19-16-20(2)30(21(3)17-19)35-25-18-27(38-14-12-37(13-15-38)26-11-7-6-10-24(26)34)31-29-28(25)32(39)22-8-4-5-9-23(22)33(29)40-36-31/h4-11,16-18,35H,12-15H2,1-3H3. The van der Waals surface area contributed by atoms with Crippen molar-refractivity contribution in [3.63, 3.8) is 0 Å². The van der Waals surface area contributed by atoms with Crippen LogP contribution >= 0.6 is 0 Å². The van der Waals surface area contributed by atoms with Gasteiger partial charge < -0.3 is 19.6 Å². The highest BCUT2D eigenvalue weighted by atomic mass is 19.1. The third-order valence-electron chi connectivity index (χ3n) is 8.13. The Morgan fingerprint density at radius 3 is 2.15 bits per heavy atom. The molecule has 200 valence electrons. The molecule has 0 unspecified atom stereocenters. The van der Waals surface area contributed by atoms with Crippen LogP contribution in [0.25, 0.3) is 22.2 Å². The predicted octanol–water partition coefficient (Wildman–Crippen LogP) is 7.17. The number of para-hydroxylation sites is 1. The van der Waals surface area contributed by atoms with E-state index in [4.69, 9.17) is 4.52 Å². The number of aryl methyl sites for hydroxylation is 3. The highest BCUT2D eigenvalue weighted by molar-refractivity contribution is 6.29. The first kappa shape index (κ1) is 24.4. The molecular formula is C33H29FN4O2. The summed E-state index contributed by atoms with van der Waals surface area (Å²) in [4.78, 5) is 18.3. The molecule has 0 amide bonds. The molecular weight excluding hydrogens is 503 g/mol. The normalized spacial score (nSPS) is 14.6. The molecule has 1 aliphatic heterocycles. The zero-order valence-electron chi connectivity index (χ0n) is 22.7. The van der Waals surface area contributed by atoms with Crippen LogP contribution in [0, 0.1) is 26.6 Å². The van der Waals surface area contributed by atoms with Gasteiger partial charge in [0.25, 0.3) is 0 Å². The second-order valence-electron chi connectivity index (χ2n) is 10.8. The number of benzene rings is 4. The summed E-state index contributed by atoms with van der Waals surface area (Å²) in [5, 5.41) is 8.89. The highest BCUT2D eigenvalue weighted by Crippen LogP contribution is 2.47. The third-order valence-corrected chi connectivity index (χ3v) is 8.13.